The van der Waals surface area contributed by atoms with Crippen LogP contribution in [0.2, 0.25) is 0 Å². The number of rotatable bonds is 8. The Morgan fingerprint density at radius 3 is 2.42 bits per heavy atom. The molecular weight excluding hydrogens is 420 g/mol. The minimum Gasteiger partial charge on any atom is -0.461 e. The van der Waals surface area contributed by atoms with Gasteiger partial charge in [0.25, 0.3) is 0 Å². The van der Waals surface area contributed by atoms with Gasteiger partial charge in [0.05, 0.1) is 17.2 Å². The third-order valence-electron chi connectivity index (χ3n) is 4.71. The molecule has 1 heterocycles. The molecule has 31 heavy (non-hydrogen) atoms. The predicted octanol–water partition coefficient (Wildman–Crippen LogP) is 1.41. The van der Waals surface area contributed by atoms with Crippen LogP contribution in [-0.2, 0) is 30.9 Å². The van der Waals surface area contributed by atoms with Gasteiger partial charge in [0.15, 0.2) is 0 Å². The molecule has 164 valence electrons. The smallest absolute Gasteiger partial charge is 0.354 e. The molecule has 3 rings (SSSR count). The number of carbonyl (C=O) groups is 2. The highest BCUT2D eigenvalue weighted by Crippen LogP contribution is 2.25. The fourth-order valence-corrected chi connectivity index (χ4v) is 3.81. The third kappa shape index (κ3) is 5.28. The van der Waals surface area contributed by atoms with Crippen molar-refractivity contribution in [2.75, 3.05) is 18.7 Å². The molecule has 2 N–H and O–H groups in total. The van der Waals surface area contributed by atoms with Gasteiger partial charge < -0.3 is 10.1 Å². The number of benzene rings is 2. The number of sulfonamides is 1. The van der Waals surface area contributed by atoms with Gasteiger partial charge in [-0.15, -0.1) is 0 Å². The van der Waals surface area contributed by atoms with Crippen LogP contribution in [0.5, 0.6) is 0 Å². The molecule has 0 radical (unpaired) electrons. The van der Waals surface area contributed by atoms with Crippen LogP contribution in [0.25, 0.3) is 0 Å². The molecule has 0 saturated heterocycles. The Morgan fingerprint density at radius 1 is 1.13 bits per heavy atom. The van der Waals surface area contributed by atoms with Crippen LogP contribution < -0.4 is 15.0 Å². The second kappa shape index (κ2) is 9.71. The van der Waals surface area contributed by atoms with Crippen molar-refractivity contribution in [1.82, 2.24) is 10.0 Å². The molecule has 10 heteroatoms. The molecule has 2 aromatic carbocycles. The summed E-state index contributed by atoms with van der Waals surface area (Å²) in [5.74, 6) is -0.848. The van der Waals surface area contributed by atoms with E-state index in [0.29, 0.717) is 5.69 Å². The summed E-state index contributed by atoms with van der Waals surface area (Å²) in [5, 5.41) is 8.67. The summed E-state index contributed by atoms with van der Waals surface area (Å²) in [5.41, 5.74) is 1.61. The fourth-order valence-electron chi connectivity index (χ4n) is 3.08. The van der Waals surface area contributed by atoms with Crippen LogP contribution in [0, 0.1) is 0 Å². The molecule has 1 unspecified atom stereocenters. The van der Waals surface area contributed by atoms with Gasteiger partial charge >= 0.3 is 5.97 Å². The average molecular weight is 445 g/mol. The third-order valence-corrected chi connectivity index (χ3v) is 6.14. The molecule has 9 nitrogen and oxygen atoms in total. The van der Waals surface area contributed by atoms with E-state index in [0.717, 1.165) is 5.56 Å². The number of hydrazone groups is 1. The van der Waals surface area contributed by atoms with Crippen molar-refractivity contribution in [1.29, 1.82) is 0 Å². The zero-order chi connectivity index (χ0) is 22.4. The van der Waals surface area contributed by atoms with Crippen LogP contribution in [-0.4, -0.2) is 45.7 Å². The second-order valence-corrected chi connectivity index (χ2v) is 8.62. The van der Waals surface area contributed by atoms with Crippen molar-refractivity contribution >= 4 is 33.3 Å². The highest BCUT2D eigenvalue weighted by Gasteiger charge is 2.36. The summed E-state index contributed by atoms with van der Waals surface area (Å²) < 4.78 is 30.9. The maximum atomic E-state index is 12.9. The lowest BCUT2D eigenvalue weighted by Crippen LogP contribution is -2.42. The van der Waals surface area contributed by atoms with Crippen LogP contribution in [0.1, 0.15) is 18.9 Å². The lowest BCUT2D eigenvalue weighted by molar-refractivity contribution is -0.135. The van der Waals surface area contributed by atoms with Crippen molar-refractivity contribution in [3.8, 4) is 0 Å². The van der Waals surface area contributed by atoms with Gasteiger partial charge in [0.2, 0.25) is 15.9 Å². The molecule has 0 fully saturated rings. The quantitative estimate of drug-likeness (QED) is 0.595. The van der Waals surface area contributed by atoms with E-state index in [4.69, 9.17) is 4.74 Å². The first kappa shape index (κ1) is 22.4. The van der Waals surface area contributed by atoms with E-state index < -0.39 is 22.0 Å². The molecule has 1 atom stereocenters. The van der Waals surface area contributed by atoms with Crippen LogP contribution in [0.4, 0.5) is 5.69 Å². The SMILES string of the molecule is CCOC(=O)C1=NN(c2ccccc2)C(C(=O)NCc2ccc(S(=O)(=O)NC)cc2)C1. The van der Waals surface area contributed by atoms with Gasteiger partial charge in [0, 0.05) is 13.0 Å². The number of anilines is 1. The number of hydrogen-bond acceptors (Lipinski definition) is 7. The average Bonchev–Trinajstić information content (AvgIpc) is 3.24. The highest BCUT2D eigenvalue weighted by molar-refractivity contribution is 7.89. The number of nitrogens with zero attached hydrogens (tertiary/aromatic N) is 2. The summed E-state index contributed by atoms with van der Waals surface area (Å²) in [4.78, 5) is 25.2. The Kier molecular flexibility index (Phi) is 7.03. The summed E-state index contributed by atoms with van der Waals surface area (Å²) >= 11 is 0. The second-order valence-electron chi connectivity index (χ2n) is 6.74. The van der Waals surface area contributed by atoms with Gasteiger partial charge in [-0.3, -0.25) is 9.80 Å². The van der Waals surface area contributed by atoms with Gasteiger partial charge in [-0.25, -0.2) is 17.9 Å². The number of amides is 1. The standard InChI is InChI=1S/C21H24N4O5S/c1-3-30-21(27)18-13-19(25(24-18)16-7-5-4-6-8-16)20(26)23-14-15-9-11-17(12-10-15)31(28,29)22-2/h4-12,19,22H,3,13-14H2,1-2H3,(H,23,26). The zero-order valence-corrected chi connectivity index (χ0v) is 18.1. The Labute approximate surface area is 181 Å². The minimum atomic E-state index is -3.52. The number of carbonyl (C=O) groups excluding carboxylic acids is 2. The largest absolute Gasteiger partial charge is 0.461 e. The van der Waals surface area contributed by atoms with Gasteiger partial charge in [0.1, 0.15) is 11.8 Å². The molecule has 0 saturated carbocycles. The minimum absolute atomic E-state index is 0.124. The van der Waals surface area contributed by atoms with Gasteiger partial charge in [-0.2, -0.15) is 5.10 Å². The van der Waals surface area contributed by atoms with E-state index in [-0.39, 0.29) is 36.1 Å². The molecule has 0 aliphatic carbocycles. The first-order chi connectivity index (χ1) is 14.9. The molecule has 0 aromatic heterocycles. The van der Waals surface area contributed by atoms with E-state index in [1.165, 1.54) is 24.2 Å². The number of hydrogen-bond donors (Lipinski definition) is 2. The van der Waals surface area contributed by atoms with E-state index in [1.807, 2.05) is 18.2 Å². The summed E-state index contributed by atoms with van der Waals surface area (Å²) in [6.07, 6.45) is 0.124. The Hall–Kier alpha value is -3.24. The molecule has 2 aromatic rings. The van der Waals surface area contributed by atoms with Crippen molar-refractivity contribution in [3.05, 3.63) is 60.2 Å². The summed E-state index contributed by atoms with van der Waals surface area (Å²) in [7, 11) is -2.18. The topological polar surface area (TPSA) is 117 Å². The lowest BCUT2D eigenvalue weighted by atomic mass is 10.1. The maximum Gasteiger partial charge on any atom is 0.354 e. The van der Waals surface area contributed by atoms with Gasteiger partial charge in [-0.05, 0) is 43.8 Å². The molecule has 1 aliphatic rings. The molecule has 0 bridgehead atoms. The monoisotopic (exact) mass is 444 g/mol. The molecule has 1 aliphatic heterocycles. The van der Waals surface area contributed by atoms with Crippen molar-refractivity contribution in [2.45, 2.75) is 30.8 Å². The highest BCUT2D eigenvalue weighted by atomic mass is 32.2. The van der Waals surface area contributed by atoms with Crippen molar-refractivity contribution < 1.29 is 22.7 Å². The molecule has 0 spiro atoms. The number of ether oxygens (including phenoxy) is 1. The van der Waals surface area contributed by atoms with E-state index >= 15 is 0 Å². The first-order valence-electron chi connectivity index (χ1n) is 9.74. The molecular formula is C21H24N4O5S. The number of para-hydroxylation sites is 1. The van der Waals surface area contributed by atoms with Crippen molar-refractivity contribution in [3.63, 3.8) is 0 Å². The van der Waals surface area contributed by atoms with Crippen molar-refractivity contribution in [2.24, 2.45) is 5.10 Å². The van der Waals surface area contributed by atoms with Crippen LogP contribution >= 0.6 is 0 Å². The first-order valence-corrected chi connectivity index (χ1v) is 11.2. The molecule has 1 amide bonds. The number of nitrogens with one attached hydrogen (secondary N) is 2. The number of esters is 1. The van der Waals surface area contributed by atoms with Crippen LogP contribution in [0.3, 0.4) is 0 Å². The maximum absolute atomic E-state index is 12.9. The predicted molar refractivity (Wildman–Crippen MR) is 116 cm³/mol. The Balaban J connectivity index is 1.71. The van der Waals surface area contributed by atoms with E-state index in [2.05, 4.69) is 15.1 Å². The summed E-state index contributed by atoms with van der Waals surface area (Å²) in [6, 6.07) is 14.6. The van der Waals surface area contributed by atoms with Crippen LogP contribution in [0.15, 0.2) is 64.6 Å². The van der Waals surface area contributed by atoms with E-state index in [9.17, 15) is 18.0 Å². The van der Waals surface area contributed by atoms with E-state index in [1.54, 1.807) is 31.2 Å². The Bertz CT molecular complexity index is 1070. The zero-order valence-electron chi connectivity index (χ0n) is 17.2. The van der Waals surface area contributed by atoms with Gasteiger partial charge in [-0.1, -0.05) is 30.3 Å². The Morgan fingerprint density at radius 2 is 1.81 bits per heavy atom. The fraction of sp³-hybridized carbons (Fsp3) is 0.286. The summed E-state index contributed by atoms with van der Waals surface area (Å²) in [6.45, 7) is 2.13. The lowest BCUT2D eigenvalue weighted by Gasteiger charge is -2.22. The normalized spacial score (nSPS) is 16.0.